The van der Waals surface area contributed by atoms with E-state index in [1.165, 1.54) is 9.13 Å². The molecule has 5 heteroatoms. The van der Waals surface area contributed by atoms with E-state index in [-0.39, 0.29) is 0 Å². The molecule has 140 valence electrons. The number of rotatable bonds is 4. The first kappa shape index (κ1) is 18.3. The van der Waals surface area contributed by atoms with E-state index in [0.29, 0.717) is 29.1 Å². The van der Waals surface area contributed by atoms with Crippen molar-refractivity contribution >= 4 is 22.6 Å². The van der Waals surface area contributed by atoms with Gasteiger partial charge in [0.15, 0.2) is 0 Å². The first-order valence-electron chi connectivity index (χ1n) is 9.06. The van der Waals surface area contributed by atoms with E-state index >= 15 is 0 Å². The maximum atomic E-state index is 13.0. The molecule has 0 atom stereocenters. The van der Waals surface area contributed by atoms with Crippen molar-refractivity contribution in [2.75, 3.05) is 0 Å². The van der Waals surface area contributed by atoms with E-state index in [0.717, 1.165) is 16.7 Å². The molecule has 0 aliphatic heterocycles. The summed E-state index contributed by atoms with van der Waals surface area (Å²) in [7, 11) is 0. The number of aromatic nitrogens is 2. The van der Waals surface area contributed by atoms with Gasteiger partial charge in [0, 0.05) is 5.02 Å². The summed E-state index contributed by atoms with van der Waals surface area (Å²) in [5, 5.41) is 0.523. The van der Waals surface area contributed by atoms with Gasteiger partial charge in [0.25, 0.3) is 0 Å². The molecule has 1 heterocycles. The number of hydrogen-bond acceptors (Lipinski definition) is 2. The van der Waals surface area contributed by atoms with Crippen LogP contribution in [0.5, 0.6) is 0 Å². The SMILES string of the molecule is Cc1ccccc1Cn1c(=O)c(=O)n(Cc2ccccc2)c2ccc(Cl)cc21. The molecule has 0 amide bonds. The lowest BCUT2D eigenvalue weighted by Crippen LogP contribution is -2.42. The van der Waals surface area contributed by atoms with Gasteiger partial charge in [-0.1, -0.05) is 66.2 Å². The highest BCUT2D eigenvalue weighted by molar-refractivity contribution is 6.31. The summed E-state index contributed by atoms with van der Waals surface area (Å²) in [4.78, 5) is 26.0. The minimum Gasteiger partial charge on any atom is -0.298 e. The molecule has 0 N–H and O–H groups in total. The van der Waals surface area contributed by atoms with Gasteiger partial charge < -0.3 is 0 Å². The fourth-order valence-electron chi connectivity index (χ4n) is 3.43. The highest BCUT2D eigenvalue weighted by Crippen LogP contribution is 2.20. The molecule has 0 fully saturated rings. The van der Waals surface area contributed by atoms with Crippen molar-refractivity contribution in [1.82, 2.24) is 9.13 Å². The van der Waals surface area contributed by atoms with Crippen molar-refractivity contribution in [2.24, 2.45) is 0 Å². The third kappa shape index (κ3) is 3.39. The summed E-state index contributed by atoms with van der Waals surface area (Å²) in [6.45, 7) is 2.65. The van der Waals surface area contributed by atoms with Gasteiger partial charge in [0.05, 0.1) is 24.1 Å². The van der Waals surface area contributed by atoms with E-state index in [2.05, 4.69) is 0 Å². The Bertz CT molecular complexity index is 1270. The Balaban J connectivity index is 1.95. The highest BCUT2D eigenvalue weighted by Gasteiger charge is 2.15. The Morgan fingerprint density at radius 3 is 2.11 bits per heavy atom. The van der Waals surface area contributed by atoms with Crippen LogP contribution in [0.3, 0.4) is 0 Å². The van der Waals surface area contributed by atoms with Crippen molar-refractivity contribution in [3.8, 4) is 0 Å². The lowest BCUT2D eigenvalue weighted by molar-refractivity contribution is 0.710. The van der Waals surface area contributed by atoms with Crippen molar-refractivity contribution < 1.29 is 0 Å². The van der Waals surface area contributed by atoms with Gasteiger partial charge in [0.1, 0.15) is 0 Å². The first-order chi connectivity index (χ1) is 13.5. The maximum absolute atomic E-state index is 13.0. The van der Waals surface area contributed by atoms with Crippen molar-refractivity contribution in [3.05, 3.63) is 115 Å². The smallest absolute Gasteiger partial charge is 0.298 e. The van der Waals surface area contributed by atoms with Crippen LogP contribution in [0.25, 0.3) is 11.0 Å². The normalized spacial score (nSPS) is 11.1. The fourth-order valence-corrected chi connectivity index (χ4v) is 3.59. The quantitative estimate of drug-likeness (QED) is 0.490. The Hall–Kier alpha value is -3.11. The van der Waals surface area contributed by atoms with Gasteiger partial charge in [-0.15, -0.1) is 0 Å². The molecule has 4 nitrogen and oxygen atoms in total. The molecule has 0 aliphatic carbocycles. The van der Waals surface area contributed by atoms with Gasteiger partial charge in [-0.3, -0.25) is 18.7 Å². The summed E-state index contributed by atoms with van der Waals surface area (Å²) >= 11 is 6.23. The number of hydrogen-bond donors (Lipinski definition) is 0. The van der Waals surface area contributed by atoms with Gasteiger partial charge >= 0.3 is 11.1 Å². The second kappa shape index (κ2) is 7.49. The fraction of sp³-hybridized carbons (Fsp3) is 0.130. The molecule has 4 rings (SSSR count). The predicted molar refractivity (Wildman–Crippen MR) is 113 cm³/mol. The van der Waals surface area contributed by atoms with Gasteiger partial charge in [-0.25, -0.2) is 0 Å². The summed E-state index contributed by atoms with van der Waals surface area (Å²) in [6.07, 6.45) is 0. The number of aryl methyl sites for hydroxylation is 1. The molecule has 0 radical (unpaired) electrons. The monoisotopic (exact) mass is 390 g/mol. The second-order valence-corrected chi connectivity index (χ2v) is 7.26. The third-order valence-electron chi connectivity index (χ3n) is 4.97. The van der Waals surface area contributed by atoms with Crippen LogP contribution >= 0.6 is 11.6 Å². The first-order valence-corrected chi connectivity index (χ1v) is 9.44. The van der Waals surface area contributed by atoms with Crippen LogP contribution in [-0.4, -0.2) is 9.13 Å². The van der Waals surface area contributed by atoms with E-state index in [4.69, 9.17) is 11.6 Å². The maximum Gasteiger partial charge on any atom is 0.317 e. The number of nitrogens with zero attached hydrogens (tertiary/aromatic N) is 2. The zero-order chi connectivity index (χ0) is 19.7. The molecule has 0 aliphatic rings. The average molecular weight is 391 g/mol. The standard InChI is InChI=1S/C23H19ClN2O2/c1-16-7-5-6-10-18(16)15-26-21-13-19(24)11-12-20(21)25(22(27)23(26)28)14-17-8-3-2-4-9-17/h2-13H,14-15H2,1H3. The summed E-state index contributed by atoms with van der Waals surface area (Å²) in [5.41, 5.74) is 3.27. The molecule has 28 heavy (non-hydrogen) atoms. The van der Waals surface area contributed by atoms with Crippen LogP contribution in [-0.2, 0) is 13.1 Å². The Labute approximate surface area is 167 Å². The van der Waals surface area contributed by atoms with Crippen LogP contribution in [0, 0.1) is 6.92 Å². The minimum atomic E-state index is -0.547. The van der Waals surface area contributed by atoms with Crippen molar-refractivity contribution in [3.63, 3.8) is 0 Å². The van der Waals surface area contributed by atoms with Crippen LogP contribution in [0.15, 0.2) is 82.4 Å². The van der Waals surface area contributed by atoms with E-state index in [1.807, 2.05) is 61.5 Å². The number of fused-ring (bicyclic) bond motifs is 1. The Morgan fingerprint density at radius 1 is 0.750 bits per heavy atom. The zero-order valence-electron chi connectivity index (χ0n) is 15.4. The van der Waals surface area contributed by atoms with Crippen LogP contribution in [0.4, 0.5) is 0 Å². The molecule has 0 saturated carbocycles. The minimum absolute atomic E-state index is 0.323. The van der Waals surface area contributed by atoms with Gasteiger partial charge in [-0.2, -0.15) is 0 Å². The summed E-state index contributed by atoms with van der Waals surface area (Å²) in [6, 6.07) is 22.8. The van der Waals surface area contributed by atoms with Gasteiger partial charge in [-0.05, 0) is 41.8 Å². The molecule has 0 unspecified atom stereocenters. The Morgan fingerprint density at radius 2 is 1.39 bits per heavy atom. The molecule has 0 saturated heterocycles. The molecule has 0 spiro atoms. The summed E-state index contributed by atoms with van der Waals surface area (Å²) in [5.74, 6) is 0. The van der Waals surface area contributed by atoms with Crippen LogP contribution in [0.1, 0.15) is 16.7 Å². The molecule has 0 bridgehead atoms. The van der Waals surface area contributed by atoms with Crippen LogP contribution in [0.2, 0.25) is 5.02 Å². The van der Waals surface area contributed by atoms with Crippen molar-refractivity contribution in [2.45, 2.75) is 20.0 Å². The number of halogens is 1. The Kier molecular flexibility index (Phi) is 4.88. The molecule has 4 aromatic rings. The number of benzene rings is 3. The lowest BCUT2D eigenvalue weighted by Gasteiger charge is -2.16. The molecular formula is C23H19ClN2O2. The molecule has 3 aromatic carbocycles. The molecule has 1 aromatic heterocycles. The topological polar surface area (TPSA) is 44.0 Å². The molecular weight excluding hydrogens is 372 g/mol. The lowest BCUT2D eigenvalue weighted by atomic mass is 10.1. The summed E-state index contributed by atoms with van der Waals surface area (Å²) < 4.78 is 3.05. The van der Waals surface area contributed by atoms with E-state index in [9.17, 15) is 9.59 Å². The second-order valence-electron chi connectivity index (χ2n) is 6.83. The van der Waals surface area contributed by atoms with Crippen molar-refractivity contribution in [1.29, 1.82) is 0 Å². The van der Waals surface area contributed by atoms with E-state index in [1.54, 1.807) is 18.2 Å². The third-order valence-corrected chi connectivity index (χ3v) is 5.20. The van der Waals surface area contributed by atoms with Crippen LogP contribution < -0.4 is 11.1 Å². The highest BCUT2D eigenvalue weighted by atomic mass is 35.5. The zero-order valence-corrected chi connectivity index (χ0v) is 16.2. The largest absolute Gasteiger partial charge is 0.317 e. The van der Waals surface area contributed by atoms with Gasteiger partial charge in [0.2, 0.25) is 0 Å². The predicted octanol–water partition coefficient (Wildman–Crippen LogP) is 4.22. The van der Waals surface area contributed by atoms with E-state index < -0.39 is 11.1 Å². The average Bonchev–Trinajstić information content (AvgIpc) is 2.71.